The number of halogens is 1. The third-order valence-electron chi connectivity index (χ3n) is 6.11. The second-order valence-electron chi connectivity index (χ2n) is 8.26. The Morgan fingerprint density at radius 3 is 2.49 bits per heavy atom. The molecule has 35 heavy (non-hydrogen) atoms. The lowest BCUT2D eigenvalue weighted by molar-refractivity contribution is 0.174. The number of hydrogen-bond acceptors (Lipinski definition) is 6. The van der Waals surface area contributed by atoms with E-state index in [0.717, 1.165) is 16.8 Å². The first-order chi connectivity index (χ1) is 17.2. The molecule has 0 saturated carbocycles. The number of ether oxygens (including phenoxy) is 2. The van der Waals surface area contributed by atoms with E-state index in [4.69, 9.17) is 36.0 Å². The molecule has 8 nitrogen and oxygen atoms in total. The molecule has 0 bridgehead atoms. The molecule has 4 heterocycles. The van der Waals surface area contributed by atoms with E-state index in [1.165, 1.54) is 0 Å². The van der Waals surface area contributed by atoms with E-state index in [1.807, 2.05) is 59.2 Å². The Morgan fingerprint density at radius 2 is 1.66 bits per heavy atom. The number of para-hydroxylation sites is 2. The first kappa shape index (κ1) is 20.0. The highest BCUT2D eigenvalue weighted by molar-refractivity contribution is 6.30. The summed E-state index contributed by atoms with van der Waals surface area (Å²) in [5, 5.41) is 1.05. The second-order valence-corrected chi connectivity index (χ2v) is 8.70. The smallest absolute Gasteiger partial charge is 0.265 e. The molecule has 9 heteroatoms. The Hall–Kier alpha value is -4.43. The standard InChI is InChI=1S/C26H16ClN5O3/c27-16-7-5-15(6-8-16)12-31-13-28-24-22(26(31)33)23-25(30-19-4-2-1-3-18(19)29-23)32(24)17-9-10-20-21(11-17)35-14-34-20/h1-11,13H,12,14H2. The number of nitrogens with zero attached hydrogens (tertiary/aromatic N) is 5. The van der Waals surface area contributed by atoms with Crippen molar-refractivity contribution in [2.24, 2.45) is 0 Å². The van der Waals surface area contributed by atoms with Crippen LogP contribution in [0, 0.1) is 0 Å². The van der Waals surface area contributed by atoms with Gasteiger partial charge in [0.15, 0.2) is 22.8 Å². The van der Waals surface area contributed by atoms with Crippen LogP contribution in [0.1, 0.15) is 5.56 Å². The Balaban J connectivity index is 1.52. The van der Waals surface area contributed by atoms with E-state index in [9.17, 15) is 4.79 Å². The Labute approximate surface area is 203 Å². The molecule has 170 valence electrons. The first-order valence-corrected chi connectivity index (χ1v) is 11.3. The molecule has 0 radical (unpaired) electrons. The molecule has 1 aliphatic heterocycles. The quantitative estimate of drug-likeness (QED) is 0.364. The Morgan fingerprint density at radius 1 is 0.886 bits per heavy atom. The molecule has 0 spiro atoms. The summed E-state index contributed by atoms with van der Waals surface area (Å²) < 4.78 is 14.5. The lowest BCUT2D eigenvalue weighted by atomic mass is 10.2. The van der Waals surface area contributed by atoms with E-state index in [2.05, 4.69) is 0 Å². The monoisotopic (exact) mass is 481 g/mol. The molecular formula is C26H16ClN5O3. The van der Waals surface area contributed by atoms with E-state index in [1.54, 1.807) is 23.0 Å². The number of rotatable bonds is 3. The largest absolute Gasteiger partial charge is 0.454 e. The molecule has 1 aliphatic rings. The Kier molecular flexibility index (Phi) is 4.31. The van der Waals surface area contributed by atoms with Crippen LogP contribution in [0.3, 0.4) is 0 Å². The zero-order valence-corrected chi connectivity index (χ0v) is 18.9. The molecule has 3 aromatic carbocycles. The lowest BCUT2D eigenvalue weighted by Crippen LogP contribution is -2.21. The minimum absolute atomic E-state index is 0.171. The van der Waals surface area contributed by atoms with E-state index in [-0.39, 0.29) is 12.4 Å². The van der Waals surface area contributed by atoms with Gasteiger partial charge in [0.1, 0.15) is 17.2 Å². The molecule has 0 amide bonds. The number of hydrogen-bond donors (Lipinski definition) is 0. The molecule has 0 aliphatic carbocycles. The van der Waals surface area contributed by atoms with Crippen LogP contribution < -0.4 is 15.0 Å². The average Bonchev–Trinajstić information content (AvgIpc) is 3.47. The van der Waals surface area contributed by atoms with Crippen molar-refractivity contribution in [2.45, 2.75) is 6.54 Å². The van der Waals surface area contributed by atoms with E-state index < -0.39 is 0 Å². The van der Waals surface area contributed by atoms with Crippen molar-refractivity contribution in [2.75, 3.05) is 6.79 Å². The highest BCUT2D eigenvalue weighted by Gasteiger charge is 2.22. The van der Waals surface area contributed by atoms with Crippen molar-refractivity contribution < 1.29 is 9.47 Å². The molecule has 0 N–H and O–H groups in total. The predicted octanol–water partition coefficient (Wildman–Crippen LogP) is 4.71. The summed E-state index contributed by atoms with van der Waals surface area (Å²) in [7, 11) is 0. The minimum Gasteiger partial charge on any atom is -0.454 e. The van der Waals surface area contributed by atoms with Gasteiger partial charge in [-0.05, 0) is 42.0 Å². The van der Waals surface area contributed by atoms with Gasteiger partial charge in [-0.3, -0.25) is 13.9 Å². The third-order valence-corrected chi connectivity index (χ3v) is 6.36. The molecule has 0 atom stereocenters. The summed E-state index contributed by atoms with van der Waals surface area (Å²) in [6.07, 6.45) is 1.56. The average molecular weight is 482 g/mol. The van der Waals surface area contributed by atoms with Crippen molar-refractivity contribution in [1.29, 1.82) is 0 Å². The maximum atomic E-state index is 13.8. The van der Waals surface area contributed by atoms with Crippen LogP contribution in [0.25, 0.3) is 38.9 Å². The number of aromatic nitrogens is 5. The summed E-state index contributed by atoms with van der Waals surface area (Å²) in [4.78, 5) is 28.2. The molecule has 6 aromatic rings. The zero-order chi connectivity index (χ0) is 23.5. The van der Waals surface area contributed by atoms with Gasteiger partial charge in [0.25, 0.3) is 5.56 Å². The van der Waals surface area contributed by atoms with Gasteiger partial charge >= 0.3 is 0 Å². The lowest BCUT2D eigenvalue weighted by Gasteiger charge is -2.09. The van der Waals surface area contributed by atoms with Crippen LogP contribution in [0.15, 0.2) is 77.9 Å². The van der Waals surface area contributed by atoms with Crippen LogP contribution in [-0.4, -0.2) is 30.9 Å². The van der Waals surface area contributed by atoms with Gasteiger partial charge in [-0.2, -0.15) is 0 Å². The van der Waals surface area contributed by atoms with Gasteiger partial charge < -0.3 is 9.47 Å². The summed E-state index contributed by atoms with van der Waals surface area (Å²) in [6.45, 7) is 0.528. The van der Waals surface area contributed by atoms with Gasteiger partial charge in [0.2, 0.25) is 6.79 Å². The summed E-state index contributed by atoms with van der Waals surface area (Å²) in [5.41, 5.74) is 4.45. The SMILES string of the molecule is O=c1c2c3nc4ccccc4nc3n(-c3ccc4c(c3)OCO4)c2ncn1Cc1ccc(Cl)cc1. The fraction of sp³-hybridized carbons (Fsp3) is 0.0769. The van der Waals surface area contributed by atoms with Crippen LogP contribution in [0.4, 0.5) is 0 Å². The van der Waals surface area contributed by atoms with Crippen LogP contribution in [-0.2, 0) is 6.54 Å². The number of fused-ring (bicyclic) bond motifs is 5. The van der Waals surface area contributed by atoms with Crippen molar-refractivity contribution >= 4 is 44.8 Å². The predicted molar refractivity (Wildman–Crippen MR) is 133 cm³/mol. The van der Waals surface area contributed by atoms with Crippen LogP contribution >= 0.6 is 11.6 Å². The molecule has 0 fully saturated rings. The normalized spacial score (nSPS) is 12.7. The molecule has 3 aromatic heterocycles. The maximum absolute atomic E-state index is 13.8. The van der Waals surface area contributed by atoms with Crippen molar-refractivity contribution in [3.8, 4) is 17.2 Å². The number of benzene rings is 3. The van der Waals surface area contributed by atoms with Gasteiger partial charge in [0, 0.05) is 11.1 Å². The summed E-state index contributed by atoms with van der Waals surface area (Å²) in [5.74, 6) is 1.30. The minimum atomic E-state index is -0.195. The molecule has 0 unspecified atom stereocenters. The third kappa shape index (κ3) is 3.14. The highest BCUT2D eigenvalue weighted by Crippen LogP contribution is 2.36. The van der Waals surface area contributed by atoms with Gasteiger partial charge in [-0.15, -0.1) is 0 Å². The topological polar surface area (TPSA) is 84.1 Å². The first-order valence-electron chi connectivity index (χ1n) is 11.0. The Bertz CT molecular complexity index is 1840. The zero-order valence-electron chi connectivity index (χ0n) is 18.2. The molecule has 7 rings (SSSR count). The summed E-state index contributed by atoms with van der Waals surface area (Å²) in [6, 6.07) is 20.6. The summed E-state index contributed by atoms with van der Waals surface area (Å²) >= 11 is 6.02. The van der Waals surface area contributed by atoms with E-state index >= 15 is 0 Å². The van der Waals surface area contributed by atoms with Crippen LogP contribution in [0.5, 0.6) is 11.5 Å². The van der Waals surface area contributed by atoms with Gasteiger partial charge in [-0.25, -0.2) is 15.0 Å². The van der Waals surface area contributed by atoms with Crippen LogP contribution in [0.2, 0.25) is 5.02 Å². The molecular weight excluding hydrogens is 466 g/mol. The van der Waals surface area contributed by atoms with Crippen molar-refractivity contribution in [3.05, 3.63) is 94.0 Å². The second kappa shape index (κ2) is 7.54. The van der Waals surface area contributed by atoms with Gasteiger partial charge in [-0.1, -0.05) is 35.9 Å². The fourth-order valence-electron chi connectivity index (χ4n) is 4.44. The van der Waals surface area contributed by atoms with Crippen molar-refractivity contribution in [1.82, 2.24) is 24.1 Å². The van der Waals surface area contributed by atoms with E-state index in [0.29, 0.717) is 50.8 Å². The molecule has 0 saturated heterocycles. The highest BCUT2D eigenvalue weighted by atomic mass is 35.5. The maximum Gasteiger partial charge on any atom is 0.265 e. The van der Waals surface area contributed by atoms with Crippen molar-refractivity contribution in [3.63, 3.8) is 0 Å². The van der Waals surface area contributed by atoms with Gasteiger partial charge in [0.05, 0.1) is 23.3 Å². The fourth-order valence-corrected chi connectivity index (χ4v) is 4.57.